The predicted octanol–water partition coefficient (Wildman–Crippen LogP) is 2.06. The van der Waals surface area contributed by atoms with Gasteiger partial charge >= 0.3 is 0 Å². The number of nitrogens with two attached hydrogens (primary N) is 1. The van der Waals surface area contributed by atoms with Gasteiger partial charge in [0.15, 0.2) is 17.4 Å². The summed E-state index contributed by atoms with van der Waals surface area (Å²) in [6.07, 6.45) is 4.70. The number of halogens is 2. The Labute approximate surface area is 165 Å². The minimum Gasteiger partial charge on any atom is -0.505 e. The van der Waals surface area contributed by atoms with Gasteiger partial charge in [-0.15, -0.1) is 0 Å². The molecule has 0 fully saturated rings. The Hall–Kier alpha value is -3.66. The average molecular weight is 399 g/mol. The first-order valence-electron chi connectivity index (χ1n) is 8.68. The number of benzene rings is 1. The van der Waals surface area contributed by atoms with Gasteiger partial charge in [-0.05, 0) is 23.8 Å². The molecule has 3 rings (SSSR count). The number of pyridine rings is 1. The molecule has 0 saturated heterocycles. The van der Waals surface area contributed by atoms with E-state index in [2.05, 4.69) is 25.6 Å². The van der Waals surface area contributed by atoms with E-state index in [1.807, 2.05) is 12.1 Å². The molecule has 0 spiro atoms. The lowest BCUT2D eigenvalue weighted by Crippen LogP contribution is -2.23. The van der Waals surface area contributed by atoms with Crippen LogP contribution in [0.1, 0.15) is 16.7 Å². The Morgan fingerprint density at radius 3 is 2.76 bits per heavy atom. The summed E-state index contributed by atoms with van der Waals surface area (Å²) in [5, 5.41) is 24.1. The number of hydrogen-bond donors (Lipinski definition) is 5. The molecule has 10 heteroatoms. The van der Waals surface area contributed by atoms with E-state index >= 15 is 0 Å². The summed E-state index contributed by atoms with van der Waals surface area (Å²) in [7, 11) is 0. The summed E-state index contributed by atoms with van der Waals surface area (Å²) >= 11 is 0. The largest absolute Gasteiger partial charge is 0.505 e. The van der Waals surface area contributed by atoms with Crippen LogP contribution in [0.15, 0.2) is 43.0 Å². The van der Waals surface area contributed by atoms with Crippen LogP contribution in [0.4, 0.5) is 20.4 Å². The van der Waals surface area contributed by atoms with Gasteiger partial charge in [0.1, 0.15) is 18.0 Å². The molecule has 0 aliphatic rings. The highest BCUT2D eigenvalue weighted by Gasteiger charge is 2.19. The fourth-order valence-corrected chi connectivity index (χ4v) is 2.65. The van der Waals surface area contributed by atoms with E-state index < -0.39 is 17.4 Å². The first kappa shape index (κ1) is 20.1. The summed E-state index contributed by atoms with van der Waals surface area (Å²) < 4.78 is 27.0. The number of rotatable bonds is 8. The highest BCUT2D eigenvalue weighted by molar-refractivity contribution is 6.16. The van der Waals surface area contributed by atoms with E-state index in [1.165, 1.54) is 6.33 Å². The van der Waals surface area contributed by atoms with Gasteiger partial charge in [-0.25, -0.2) is 14.4 Å². The molecule has 0 aliphatic carbocycles. The van der Waals surface area contributed by atoms with Gasteiger partial charge in [0.25, 0.3) is 0 Å². The normalized spacial score (nSPS) is 10.7. The van der Waals surface area contributed by atoms with E-state index in [1.54, 1.807) is 12.4 Å². The van der Waals surface area contributed by atoms with Crippen molar-refractivity contribution in [3.05, 3.63) is 71.3 Å². The second-order valence-corrected chi connectivity index (χ2v) is 6.11. The molecule has 0 bridgehead atoms. The Kier molecular flexibility index (Phi) is 6.25. The molecule has 0 radical (unpaired) electrons. The third-order valence-corrected chi connectivity index (χ3v) is 4.07. The zero-order chi connectivity index (χ0) is 20.8. The standard InChI is InChI=1S/C19H19F2N7O/c20-13-6-12(7-14(29)16(13)21)17(22)15-18(23)27-10-28-19(15)26-5-4-25-9-11-2-1-3-24-8-11/h1-3,6-8,10,22,25,29H,4-5,9H2,(H3,23,26,27,28). The number of nitrogen functional groups attached to an aromatic ring is 1. The molecule has 0 amide bonds. The van der Waals surface area contributed by atoms with Gasteiger partial charge < -0.3 is 21.5 Å². The number of phenolic OH excluding ortho intramolecular Hbond substituents is 1. The van der Waals surface area contributed by atoms with Crippen molar-refractivity contribution in [2.24, 2.45) is 0 Å². The second-order valence-electron chi connectivity index (χ2n) is 6.11. The smallest absolute Gasteiger partial charge is 0.200 e. The molecule has 0 aliphatic heterocycles. The van der Waals surface area contributed by atoms with Gasteiger partial charge in [0.2, 0.25) is 0 Å². The lowest BCUT2D eigenvalue weighted by atomic mass is 10.0. The number of phenols is 1. The van der Waals surface area contributed by atoms with Crippen LogP contribution in [0.3, 0.4) is 0 Å². The maximum absolute atomic E-state index is 13.6. The van der Waals surface area contributed by atoms with Crippen LogP contribution < -0.4 is 16.4 Å². The lowest BCUT2D eigenvalue weighted by Gasteiger charge is -2.14. The molecule has 29 heavy (non-hydrogen) atoms. The van der Waals surface area contributed by atoms with Crippen molar-refractivity contribution in [3.63, 3.8) is 0 Å². The Morgan fingerprint density at radius 2 is 2.03 bits per heavy atom. The summed E-state index contributed by atoms with van der Waals surface area (Å²) in [5.74, 6) is -3.27. The van der Waals surface area contributed by atoms with Gasteiger partial charge in [-0.2, -0.15) is 4.39 Å². The third kappa shape index (κ3) is 4.79. The van der Waals surface area contributed by atoms with Crippen LogP contribution in [-0.2, 0) is 6.54 Å². The first-order valence-corrected chi connectivity index (χ1v) is 8.68. The maximum atomic E-state index is 13.6. The van der Waals surface area contributed by atoms with Crippen molar-refractivity contribution in [2.75, 3.05) is 24.1 Å². The van der Waals surface area contributed by atoms with Crippen molar-refractivity contribution in [2.45, 2.75) is 6.54 Å². The molecule has 0 atom stereocenters. The van der Waals surface area contributed by atoms with E-state index in [-0.39, 0.29) is 28.5 Å². The number of hydrogen-bond acceptors (Lipinski definition) is 8. The van der Waals surface area contributed by atoms with E-state index in [0.29, 0.717) is 19.6 Å². The summed E-state index contributed by atoms with van der Waals surface area (Å²) in [4.78, 5) is 12.0. The lowest BCUT2D eigenvalue weighted by molar-refractivity contribution is 0.407. The quantitative estimate of drug-likeness (QED) is 0.289. The second kappa shape index (κ2) is 9.02. The number of aromatic nitrogens is 3. The monoisotopic (exact) mass is 399 g/mol. The Balaban J connectivity index is 1.69. The third-order valence-electron chi connectivity index (χ3n) is 4.07. The predicted molar refractivity (Wildman–Crippen MR) is 105 cm³/mol. The fraction of sp³-hybridized carbons (Fsp3) is 0.158. The summed E-state index contributed by atoms with van der Waals surface area (Å²) in [5.41, 5.74) is 6.76. The van der Waals surface area contributed by atoms with Gasteiger partial charge in [-0.1, -0.05) is 6.07 Å². The highest BCUT2D eigenvalue weighted by Crippen LogP contribution is 2.26. The van der Waals surface area contributed by atoms with Crippen molar-refractivity contribution >= 4 is 17.3 Å². The SMILES string of the molecule is N=C(c1cc(O)c(F)c(F)c1)c1c(N)ncnc1NCCNCc1cccnc1. The molecule has 8 nitrogen and oxygen atoms in total. The number of nitrogens with one attached hydrogen (secondary N) is 3. The van der Waals surface area contributed by atoms with E-state index in [9.17, 15) is 13.9 Å². The number of aromatic hydroxyl groups is 1. The molecule has 2 heterocycles. The average Bonchev–Trinajstić information content (AvgIpc) is 2.72. The first-order chi connectivity index (χ1) is 14.0. The molecule has 1 aromatic carbocycles. The van der Waals surface area contributed by atoms with Gasteiger partial charge in [0.05, 0.1) is 11.3 Å². The zero-order valence-corrected chi connectivity index (χ0v) is 15.3. The van der Waals surface area contributed by atoms with Crippen LogP contribution in [0.5, 0.6) is 5.75 Å². The molecule has 6 N–H and O–H groups in total. The topological polar surface area (TPSA) is 133 Å². The fourth-order valence-electron chi connectivity index (χ4n) is 2.65. The number of anilines is 2. The summed E-state index contributed by atoms with van der Waals surface area (Å²) in [6, 6.07) is 5.57. The van der Waals surface area contributed by atoms with Crippen LogP contribution in [0.2, 0.25) is 0 Å². The highest BCUT2D eigenvalue weighted by atomic mass is 19.2. The van der Waals surface area contributed by atoms with Crippen LogP contribution in [-0.4, -0.2) is 38.9 Å². The number of nitrogens with zero attached hydrogens (tertiary/aromatic N) is 3. The van der Waals surface area contributed by atoms with Crippen molar-refractivity contribution in [1.29, 1.82) is 5.41 Å². The molecule has 3 aromatic rings. The van der Waals surface area contributed by atoms with E-state index in [4.69, 9.17) is 11.1 Å². The Morgan fingerprint density at radius 1 is 1.21 bits per heavy atom. The molecule has 0 saturated carbocycles. The molecule has 150 valence electrons. The zero-order valence-electron chi connectivity index (χ0n) is 15.3. The molecular weight excluding hydrogens is 380 g/mol. The minimum absolute atomic E-state index is 0.0000390. The van der Waals surface area contributed by atoms with Crippen LogP contribution in [0.25, 0.3) is 0 Å². The van der Waals surface area contributed by atoms with Crippen molar-refractivity contribution in [3.8, 4) is 5.75 Å². The van der Waals surface area contributed by atoms with Gasteiger partial charge in [-0.3, -0.25) is 10.4 Å². The molecule has 2 aromatic heterocycles. The summed E-state index contributed by atoms with van der Waals surface area (Å²) in [6.45, 7) is 1.68. The van der Waals surface area contributed by atoms with Crippen molar-refractivity contribution < 1.29 is 13.9 Å². The van der Waals surface area contributed by atoms with Gasteiger partial charge in [0, 0.05) is 37.6 Å². The Bertz CT molecular complexity index is 992. The van der Waals surface area contributed by atoms with Crippen LogP contribution >= 0.6 is 0 Å². The van der Waals surface area contributed by atoms with Crippen molar-refractivity contribution in [1.82, 2.24) is 20.3 Å². The molecule has 0 unspecified atom stereocenters. The maximum Gasteiger partial charge on any atom is 0.200 e. The van der Waals surface area contributed by atoms with E-state index in [0.717, 1.165) is 17.7 Å². The minimum atomic E-state index is -1.38. The van der Waals surface area contributed by atoms with Crippen LogP contribution in [0, 0.1) is 17.0 Å². The molecular formula is C19H19F2N7O.